The van der Waals surface area contributed by atoms with E-state index in [1.54, 1.807) is 0 Å². The largest absolute Gasteiger partial charge is 0.341 e. The van der Waals surface area contributed by atoms with Gasteiger partial charge in [-0.2, -0.15) is 5.10 Å². The number of amides is 1. The van der Waals surface area contributed by atoms with Gasteiger partial charge in [-0.3, -0.25) is 9.48 Å². The van der Waals surface area contributed by atoms with Crippen LogP contribution in [0.25, 0.3) is 11.3 Å². The van der Waals surface area contributed by atoms with Crippen LogP contribution < -0.4 is 4.90 Å². The molecule has 0 spiro atoms. The average Bonchev–Trinajstić information content (AvgIpc) is 3.54. The predicted octanol–water partition coefficient (Wildman–Crippen LogP) is 3.50. The Morgan fingerprint density at radius 2 is 1.97 bits per heavy atom. The third-order valence-corrected chi connectivity index (χ3v) is 6.63. The van der Waals surface area contributed by atoms with Crippen LogP contribution in [-0.2, 0) is 11.8 Å². The van der Waals surface area contributed by atoms with Gasteiger partial charge in [-0.1, -0.05) is 12.2 Å². The third kappa shape index (κ3) is 3.61. The maximum atomic E-state index is 13.3. The number of likely N-dealkylation sites (tertiary alicyclic amines) is 1. The van der Waals surface area contributed by atoms with Crippen molar-refractivity contribution in [2.24, 2.45) is 13.0 Å². The molecule has 2 aromatic heterocycles. The highest BCUT2D eigenvalue weighted by molar-refractivity contribution is 5.80. The average molecular weight is 407 g/mol. The molecule has 1 aliphatic carbocycles. The molecule has 2 atom stereocenters. The van der Waals surface area contributed by atoms with Crippen molar-refractivity contribution in [3.05, 3.63) is 36.3 Å². The Kier molecular flexibility index (Phi) is 5.27. The number of allylic oxidation sites excluding steroid dienone is 2. The van der Waals surface area contributed by atoms with Gasteiger partial charge >= 0.3 is 0 Å². The number of nitrogens with zero attached hydrogens (tertiary/aromatic N) is 6. The lowest BCUT2D eigenvalue weighted by Gasteiger charge is -2.29. The number of aromatic nitrogens is 4. The number of hydrogen-bond acceptors (Lipinski definition) is 5. The van der Waals surface area contributed by atoms with E-state index in [9.17, 15) is 4.79 Å². The van der Waals surface area contributed by atoms with Crippen LogP contribution in [0.2, 0.25) is 0 Å². The number of carbonyl (C=O) groups excluding carboxylic acids is 1. The Balaban J connectivity index is 1.45. The number of hydrogen-bond donors (Lipinski definition) is 0. The zero-order chi connectivity index (χ0) is 20.5. The predicted molar refractivity (Wildman–Crippen MR) is 116 cm³/mol. The Morgan fingerprint density at radius 1 is 1.10 bits per heavy atom. The molecule has 0 N–H and O–H groups in total. The van der Waals surface area contributed by atoms with Crippen LogP contribution in [-0.4, -0.2) is 50.2 Å². The van der Waals surface area contributed by atoms with Crippen molar-refractivity contribution in [1.82, 2.24) is 24.6 Å². The summed E-state index contributed by atoms with van der Waals surface area (Å²) in [6, 6.07) is 2.00. The second-order valence-electron chi connectivity index (χ2n) is 8.71. The second-order valence-corrected chi connectivity index (χ2v) is 8.71. The monoisotopic (exact) mass is 406 g/mol. The molecule has 2 aliphatic heterocycles. The van der Waals surface area contributed by atoms with E-state index < -0.39 is 0 Å². The van der Waals surface area contributed by atoms with Crippen molar-refractivity contribution < 1.29 is 4.79 Å². The molecule has 0 aromatic carbocycles. The van der Waals surface area contributed by atoms with Crippen LogP contribution in [0.15, 0.2) is 30.6 Å². The van der Waals surface area contributed by atoms with Crippen molar-refractivity contribution >= 4 is 11.9 Å². The normalized spacial score (nSPS) is 24.0. The fourth-order valence-electron chi connectivity index (χ4n) is 5.08. The molecule has 7 nitrogen and oxygen atoms in total. The van der Waals surface area contributed by atoms with E-state index >= 15 is 0 Å². The van der Waals surface area contributed by atoms with Gasteiger partial charge in [0.1, 0.15) is 0 Å². The number of aryl methyl sites for hydroxylation is 1. The summed E-state index contributed by atoms with van der Waals surface area (Å²) in [7, 11) is 1.95. The molecule has 0 unspecified atom stereocenters. The van der Waals surface area contributed by atoms with E-state index in [1.807, 2.05) is 30.2 Å². The molecule has 1 amide bonds. The Bertz CT molecular complexity index is 945. The Morgan fingerprint density at radius 3 is 2.77 bits per heavy atom. The first-order valence-corrected chi connectivity index (χ1v) is 11.3. The van der Waals surface area contributed by atoms with Gasteiger partial charge in [0.25, 0.3) is 0 Å². The number of carbonyl (C=O) groups is 1. The third-order valence-electron chi connectivity index (χ3n) is 6.63. The fourth-order valence-corrected chi connectivity index (χ4v) is 5.08. The van der Waals surface area contributed by atoms with Crippen molar-refractivity contribution in [3.63, 3.8) is 0 Å². The van der Waals surface area contributed by atoms with E-state index in [4.69, 9.17) is 10.1 Å². The zero-order valence-corrected chi connectivity index (χ0v) is 17.7. The van der Waals surface area contributed by atoms with Crippen molar-refractivity contribution in [2.75, 3.05) is 24.5 Å². The minimum absolute atomic E-state index is 0.0322. The highest BCUT2D eigenvalue weighted by atomic mass is 16.2. The van der Waals surface area contributed by atoms with Crippen LogP contribution in [0.1, 0.15) is 56.7 Å². The highest BCUT2D eigenvalue weighted by Crippen LogP contribution is 2.38. The van der Waals surface area contributed by atoms with E-state index in [-0.39, 0.29) is 12.0 Å². The summed E-state index contributed by atoms with van der Waals surface area (Å²) < 4.78 is 1.85. The summed E-state index contributed by atoms with van der Waals surface area (Å²) in [5, 5.41) is 4.81. The van der Waals surface area contributed by atoms with E-state index in [0.29, 0.717) is 5.91 Å². The van der Waals surface area contributed by atoms with Gasteiger partial charge in [0.15, 0.2) is 0 Å². The first-order chi connectivity index (χ1) is 14.7. The fraction of sp³-hybridized carbons (Fsp3) is 0.565. The van der Waals surface area contributed by atoms with Crippen LogP contribution in [0.4, 0.5) is 5.95 Å². The number of anilines is 1. The molecule has 4 heterocycles. The SMILES string of the molecule is Cn1cc(-c2ccnc(N3CCCC3)n2)c([C@H]2CCCN2C(=O)[C@@H]2CC=CCC2)n1. The summed E-state index contributed by atoms with van der Waals surface area (Å²) in [5.41, 5.74) is 2.89. The quantitative estimate of drug-likeness (QED) is 0.727. The molecular formula is C23H30N6O. The molecular weight excluding hydrogens is 376 g/mol. The lowest BCUT2D eigenvalue weighted by Crippen LogP contribution is -2.36. The molecule has 2 saturated heterocycles. The highest BCUT2D eigenvalue weighted by Gasteiger charge is 2.36. The minimum atomic E-state index is 0.0322. The molecule has 30 heavy (non-hydrogen) atoms. The minimum Gasteiger partial charge on any atom is -0.341 e. The zero-order valence-electron chi connectivity index (χ0n) is 17.7. The van der Waals surface area contributed by atoms with Gasteiger partial charge in [-0.05, 0) is 51.0 Å². The molecule has 158 valence electrons. The van der Waals surface area contributed by atoms with Gasteiger partial charge in [-0.15, -0.1) is 0 Å². The van der Waals surface area contributed by atoms with E-state index in [1.165, 1.54) is 12.8 Å². The number of rotatable bonds is 4. The van der Waals surface area contributed by atoms with Crippen LogP contribution in [0, 0.1) is 5.92 Å². The molecule has 0 bridgehead atoms. The standard InChI is InChI=1S/C23H30N6O/c1-27-16-18(19-11-12-24-23(25-19)28-13-5-6-14-28)21(26-27)20-10-7-15-29(20)22(30)17-8-3-2-4-9-17/h2-3,11-12,16-17,20H,4-10,13-15H2,1H3/t17-,20-/m1/s1. The lowest BCUT2D eigenvalue weighted by molar-refractivity contribution is -0.136. The van der Waals surface area contributed by atoms with Gasteiger partial charge in [0, 0.05) is 50.6 Å². The van der Waals surface area contributed by atoms with Crippen LogP contribution >= 0.6 is 0 Å². The molecule has 0 saturated carbocycles. The maximum absolute atomic E-state index is 13.3. The maximum Gasteiger partial charge on any atom is 0.226 e. The first kappa shape index (κ1) is 19.3. The smallest absolute Gasteiger partial charge is 0.226 e. The van der Waals surface area contributed by atoms with E-state index in [0.717, 1.165) is 74.6 Å². The Labute approximate surface area is 177 Å². The Hall–Kier alpha value is -2.70. The summed E-state index contributed by atoms with van der Waals surface area (Å²) >= 11 is 0. The van der Waals surface area contributed by atoms with Crippen molar-refractivity contribution in [1.29, 1.82) is 0 Å². The first-order valence-electron chi connectivity index (χ1n) is 11.3. The molecule has 7 heteroatoms. The van der Waals surface area contributed by atoms with Crippen molar-refractivity contribution in [3.8, 4) is 11.3 Å². The van der Waals surface area contributed by atoms with Crippen LogP contribution in [0.3, 0.4) is 0 Å². The van der Waals surface area contributed by atoms with Crippen molar-refractivity contribution in [2.45, 2.75) is 51.0 Å². The van der Waals surface area contributed by atoms with E-state index in [2.05, 4.69) is 26.9 Å². The van der Waals surface area contributed by atoms with Gasteiger partial charge in [-0.25, -0.2) is 9.97 Å². The molecule has 2 fully saturated rings. The van der Waals surface area contributed by atoms with Gasteiger partial charge < -0.3 is 9.80 Å². The summed E-state index contributed by atoms with van der Waals surface area (Å²) in [6.07, 6.45) is 15.4. The molecule has 0 radical (unpaired) electrons. The summed E-state index contributed by atoms with van der Waals surface area (Å²) in [5.74, 6) is 1.20. The van der Waals surface area contributed by atoms with Crippen LogP contribution in [0.5, 0.6) is 0 Å². The topological polar surface area (TPSA) is 67.2 Å². The lowest BCUT2D eigenvalue weighted by atomic mass is 9.92. The summed E-state index contributed by atoms with van der Waals surface area (Å²) in [4.78, 5) is 27.0. The summed E-state index contributed by atoms with van der Waals surface area (Å²) in [6.45, 7) is 2.86. The molecule has 5 rings (SSSR count). The second kappa shape index (κ2) is 8.20. The molecule has 2 aromatic rings. The van der Waals surface area contributed by atoms with Gasteiger partial charge in [0.05, 0.1) is 17.4 Å². The molecule has 3 aliphatic rings. The van der Waals surface area contributed by atoms with Gasteiger partial charge in [0.2, 0.25) is 11.9 Å².